The lowest BCUT2D eigenvalue weighted by atomic mass is 10.1. The predicted octanol–water partition coefficient (Wildman–Crippen LogP) is 3.32. The molecule has 0 aromatic heterocycles. The summed E-state index contributed by atoms with van der Waals surface area (Å²) in [5, 5.41) is 2.79. The molecular weight excluding hydrogens is 414 g/mol. The van der Waals surface area contributed by atoms with Crippen LogP contribution >= 0.6 is 0 Å². The van der Waals surface area contributed by atoms with Gasteiger partial charge in [-0.05, 0) is 61.7 Å². The Hall–Kier alpha value is -2.71. The Morgan fingerprint density at radius 2 is 1.74 bits per heavy atom. The molecule has 3 rings (SSSR count). The molecule has 7 nitrogen and oxygen atoms in total. The maximum atomic E-state index is 12.7. The summed E-state index contributed by atoms with van der Waals surface area (Å²) in [6.45, 7) is 6.10. The third kappa shape index (κ3) is 5.51. The molecule has 2 aromatic rings. The van der Waals surface area contributed by atoms with Crippen molar-refractivity contribution in [3.63, 3.8) is 0 Å². The minimum absolute atomic E-state index is 0.0815. The number of benzene rings is 2. The fourth-order valence-electron chi connectivity index (χ4n) is 3.42. The molecule has 0 saturated carbocycles. The molecule has 0 aliphatic carbocycles. The Morgan fingerprint density at radius 3 is 2.32 bits per heavy atom. The molecule has 1 saturated heterocycles. The monoisotopic (exact) mass is 443 g/mol. The third-order valence-electron chi connectivity index (χ3n) is 5.55. The average Bonchev–Trinajstić information content (AvgIpc) is 3.15. The summed E-state index contributed by atoms with van der Waals surface area (Å²) in [6, 6.07) is 13.7. The average molecular weight is 444 g/mol. The number of hydrogen-bond donors (Lipinski definition) is 2. The van der Waals surface area contributed by atoms with Crippen molar-refractivity contribution < 1.29 is 18.0 Å². The third-order valence-corrected chi connectivity index (χ3v) is 7.16. The van der Waals surface area contributed by atoms with Crippen LogP contribution in [0.15, 0.2) is 53.4 Å². The van der Waals surface area contributed by atoms with E-state index in [0.29, 0.717) is 18.7 Å². The van der Waals surface area contributed by atoms with Gasteiger partial charge in [0.15, 0.2) is 0 Å². The minimum Gasteiger partial charge on any atom is -0.326 e. The molecule has 1 heterocycles. The van der Waals surface area contributed by atoms with E-state index in [2.05, 4.69) is 17.0 Å². The molecule has 0 bridgehead atoms. The lowest BCUT2D eigenvalue weighted by Gasteiger charge is -2.17. The van der Waals surface area contributed by atoms with Crippen LogP contribution < -0.4 is 14.9 Å². The van der Waals surface area contributed by atoms with Crippen molar-refractivity contribution in [1.29, 1.82) is 0 Å². The van der Waals surface area contributed by atoms with Gasteiger partial charge < -0.3 is 10.2 Å². The van der Waals surface area contributed by atoms with Crippen LogP contribution in [-0.2, 0) is 26.0 Å². The van der Waals surface area contributed by atoms with Gasteiger partial charge in [-0.15, -0.1) is 0 Å². The summed E-state index contributed by atoms with van der Waals surface area (Å²) in [7, 11) is -3.60. The number of nitrogens with one attached hydrogen (secondary N) is 2. The Balaban J connectivity index is 1.63. The molecule has 1 fully saturated rings. The van der Waals surface area contributed by atoms with Gasteiger partial charge in [0.25, 0.3) is 0 Å². The highest BCUT2D eigenvalue weighted by Gasteiger charge is 2.35. The van der Waals surface area contributed by atoms with Gasteiger partial charge in [-0.2, -0.15) is 0 Å². The molecule has 1 aliphatic heterocycles. The first-order chi connectivity index (χ1) is 14.7. The summed E-state index contributed by atoms with van der Waals surface area (Å²) in [5.41, 5.74) is 2.47. The van der Waals surface area contributed by atoms with E-state index in [9.17, 15) is 18.0 Å². The Labute approximate surface area is 183 Å². The molecule has 1 aliphatic rings. The van der Waals surface area contributed by atoms with Crippen LogP contribution in [0.25, 0.3) is 0 Å². The second-order valence-corrected chi connectivity index (χ2v) is 9.58. The highest BCUT2D eigenvalue weighted by atomic mass is 32.2. The zero-order valence-electron chi connectivity index (χ0n) is 18.1. The van der Waals surface area contributed by atoms with Crippen molar-refractivity contribution in [3.8, 4) is 0 Å². The van der Waals surface area contributed by atoms with Crippen LogP contribution in [-0.4, -0.2) is 32.8 Å². The summed E-state index contributed by atoms with van der Waals surface area (Å²) in [5.74, 6) is -0.801. The Bertz CT molecular complexity index is 1030. The van der Waals surface area contributed by atoms with Crippen molar-refractivity contribution in [1.82, 2.24) is 4.72 Å². The highest BCUT2D eigenvalue weighted by molar-refractivity contribution is 7.89. The number of carbonyl (C=O) groups is 2. The molecule has 2 aromatic carbocycles. The van der Waals surface area contributed by atoms with E-state index in [1.54, 1.807) is 24.0 Å². The van der Waals surface area contributed by atoms with E-state index in [0.717, 1.165) is 12.1 Å². The first-order valence-electron chi connectivity index (χ1n) is 10.6. The molecular formula is C23H29N3O4S. The summed E-state index contributed by atoms with van der Waals surface area (Å²) in [4.78, 5) is 26.9. The second kappa shape index (κ2) is 9.62. The summed E-state index contributed by atoms with van der Waals surface area (Å²) >= 11 is 0. The number of amides is 2. The van der Waals surface area contributed by atoms with E-state index in [-0.39, 0.29) is 29.2 Å². The standard InChI is InChI=1S/C23H29N3O4S/c1-4-16(3)25-31(29,30)21-12-8-19(9-13-21)24-23(28)18-14-22(27)26(15-18)20-10-6-17(5-2)7-11-20/h6-13,16,18,25H,4-5,14-15H2,1-3H3,(H,24,28)/t16-,18+/m1/s1. The zero-order chi connectivity index (χ0) is 22.6. The Morgan fingerprint density at radius 1 is 1.10 bits per heavy atom. The van der Waals surface area contributed by atoms with Gasteiger partial charge in [0.2, 0.25) is 21.8 Å². The van der Waals surface area contributed by atoms with E-state index in [1.165, 1.54) is 17.7 Å². The van der Waals surface area contributed by atoms with E-state index >= 15 is 0 Å². The fraction of sp³-hybridized carbons (Fsp3) is 0.391. The normalized spacial score (nSPS) is 17.6. The number of aryl methyl sites for hydroxylation is 1. The van der Waals surface area contributed by atoms with Crippen molar-refractivity contribution in [2.75, 3.05) is 16.8 Å². The molecule has 31 heavy (non-hydrogen) atoms. The van der Waals surface area contributed by atoms with Crippen molar-refractivity contribution in [3.05, 3.63) is 54.1 Å². The smallest absolute Gasteiger partial charge is 0.240 e. The molecule has 2 amide bonds. The lowest BCUT2D eigenvalue weighted by molar-refractivity contribution is -0.122. The van der Waals surface area contributed by atoms with Gasteiger partial charge in [-0.25, -0.2) is 13.1 Å². The number of carbonyl (C=O) groups excluding carboxylic acids is 2. The summed E-state index contributed by atoms with van der Waals surface area (Å²) in [6.07, 6.45) is 1.76. The first kappa shape index (κ1) is 23.0. The quantitative estimate of drug-likeness (QED) is 0.654. The van der Waals surface area contributed by atoms with Crippen molar-refractivity contribution >= 4 is 33.2 Å². The summed E-state index contributed by atoms with van der Waals surface area (Å²) < 4.78 is 27.3. The van der Waals surface area contributed by atoms with E-state index < -0.39 is 15.9 Å². The van der Waals surface area contributed by atoms with Gasteiger partial charge in [-0.3, -0.25) is 9.59 Å². The maximum absolute atomic E-state index is 12.7. The zero-order valence-corrected chi connectivity index (χ0v) is 18.9. The van der Waals surface area contributed by atoms with Gasteiger partial charge in [0, 0.05) is 30.4 Å². The highest BCUT2D eigenvalue weighted by Crippen LogP contribution is 2.26. The van der Waals surface area contributed by atoms with Crippen LogP contribution in [0.5, 0.6) is 0 Å². The lowest BCUT2D eigenvalue weighted by Crippen LogP contribution is -2.32. The van der Waals surface area contributed by atoms with Crippen LogP contribution in [0.4, 0.5) is 11.4 Å². The predicted molar refractivity (Wildman–Crippen MR) is 121 cm³/mol. The van der Waals surface area contributed by atoms with Crippen molar-refractivity contribution in [2.45, 2.75) is 51.0 Å². The maximum Gasteiger partial charge on any atom is 0.240 e. The number of hydrogen-bond acceptors (Lipinski definition) is 4. The van der Waals surface area contributed by atoms with Crippen LogP contribution in [0.2, 0.25) is 0 Å². The molecule has 166 valence electrons. The SMILES string of the molecule is CCc1ccc(N2C[C@@H](C(=O)Nc3ccc(S(=O)(=O)N[C@H](C)CC)cc3)CC2=O)cc1. The van der Waals surface area contributed by atoms with Crippen LogP contribution in [0.3, 0.4) is 0 Å². The largest absolute Gasteiger partial charge is 0.326 e. The number of rotatable bonds is 8. The molecule has 0 unspecified atom stereocenters. The van der Waals surface area contributed by atoms with Crippen LogP contribution in [0, 0.1) is 5.92 Å². The van der Waals surface area contributed by atoms with Gasteiger partial charge in [0.05, 0.1) is 10.8 Å². The number of nitrogens with zero attached hydrogens (tertiary/aromatic N) is 1. The minimum atomic E-state index is -3.60. The van der Waals surface area contributed by atoms with Crippen molar-refractivity contribution in [2.24, 2.45) is 5.92 Å². The van der Waals surface area contributed by atoms with E-state index in [4.69, 9.17) is 0 Å². The first-order valence-corrected chi connectivity index (χ1v) is 12.0. The van der Waals surface area contributed by atoms with Gasteiger partial charge in [0.1, 0.15) is 0 Å². The number of anilines is 2. The Kier molecular flexibility index (Phi) is 7.12. The molecule has 8 heteroatoms. The molecule has 2 N–H and O–H groups in total. The molecule has 0 spiro atoms. The van der Waals surface area contributed by atoms with Gasteiger partial charge >= 0.3 is 0 Å². The van der Waals surface area contributed by atoms with Gasteiger partial charge in [-0.1, -0.05) is 26.0 Å². The topological polar surface area (TPSA) is 95.6 Å². The number of sulfonamides is 1. The van der Waals surface area contributed by atoms with E-state index in [1.807, 2.05) is 31.2 Å². The van der Waals surface area contributed by atoms with Crippen LogP contribution in [0.1, 0.15) is 39.2 Å². The molecule has 2 atom stereocenters. The molecule has 0 radical (unpaired) electrons. The fourth-order valence-corrected chi connectivity index (χ4v) is 4.75. The second-order valence-electron chi connectivity index (χ2n) is 7.87.